The van der Waals surface area contributed by atoms with Crippen molar-refractivity contribution in [1.29, 1.82) is 0 Å². The van der Waals surface area contributed by atoms with Crippen LogP contribution in [0.4, 0.5) is 0 Å². The number of benzene rings is 4. The van der Waals surface area contributed by atoms with Gasteiger partial charge in [-0.25, -0.2) is 0 Å². The standard InChI is InChI=1S/C28H30N2/c1-21(25-13-11-23-7-3-5-9-27(23)19-25)29-15-17-30(18-16-29)22(2)26-14-12-24-8-4-6-10-28(24)20-26/h3-14,19-22H,15-18H2,1-2H3. The van der Waals surface area contributed by atoms with Crippen LogP contribution < -0.4 is 0 Å². The minimum atomic E-state index is 0.452. The fraction of sp³-hybridized carbons (Fsp3) is 0.286. The van der Waals surface area contributed by atoms with Gasteiger partial charge in [0.15, 0.2) is 0 Å². The Morgan fingerprint density at radius 1 is 0.500 bits per heavy atom. The lowest BCUT2D eigenvalue weighted by atomic mass is 10.00. The Balaban J connectivity index is 1.26. The van der Waals surface area contributed by atoms with Gasteiger partial charge in [-0.15, -0.1) is 0 Å². The zero-order valence-electron chi connectivity index (χ0n) is 18.0. The van der Waals surface area contributed by atoms with E-state index in [1.165, 1.54) is 32.7 Å². The molecule has 0 amide bonds. The molecule has 0 radical (unpaired) electrons. The zero-order valence-corrected chi connectivity index (χ0v) is 18.0. The third-order valence-electron chi connectivity index (χ3n) is 6.96. The molecular formula is C28H30N2. The molecule has 1 fully saturated rings. The molecule has 0 saturated carbocycles. The van der Waals surface area contributed by atoms with Crippen LogP contribution in [-0.4, -0.2) is 36.0 Å². The smallest absolute Gasteiger partial charge is 0.0321 e. The number of nitrogens with zero attached hydrogens (tertiary/aromatic N) is 2. The molecule has 0 spiro atoms. The van der Waals surface area contributed by atoms with Crippen LogP contribution >= 0.6 is 0 Å². The molecule has 1 aliphatic rings. The first kappa shape index (κ1) is 19.3. The number of hydrogen-bond acceptors (Lipinski definition) is 2. The second-order valence-electron chi connectivity index (χ2n) is 8.64. The van der Waals surface area contributed by atoms with Crippen LogP contribution in [0.15, 0.2) is 84.9 Å². The Morgan fingerprint density at radius 2 is 0.867 bits per heavy atom. The van der Waals surface area contributed by atoms with Crippen molar-refractivity contribution in [2.75, 3.05) is 26.2 Å². The molecule has 2 unspecified atom stereocenters. The molecule has 0 aromatic heterocycles. The summed E-state index contributed by atoms with van der Waals surface area (Å²) in [6, 6.07) is 32.1. The molecule has 1 heterocycles. The van der Waals surface area contributed by atoms with E-state index in [0.29, 0.717) is 12.1 Å². The second kappa shape index (κ2) is 8.22. The minimum absolute atomic E-state index is 0.452. The van der Waals surface area contributed by atoms with E-state index in [-0.39, 0.29) is 0 Å². The van der Waals surface area contributed by atoms with E-state index in [2.05, 4.69) is 109 Å². The van der Waals surface area contributed by atoms with Gasteiger partial charge >= 0.3 is 0 Å². The Labute approximate surface area is 179 Å². The molecule has 4 aromatic carbocycles. The quantitative estimate of drug-likeness (QED) is 0.393. The topological polar surface area (TPSA) is 6.48 Å². The van der Waals surface area contributed by atoms with Crippen LogP contribution in [0.25, 0.3) is 21.5 Å². The van der Waals surface area contributed by atoms with Crippen molar-refractivity contribution in [2.24, 2.45) is 0 Å². The Kier molecular flexibility index (Phi) is 5.28. The predicted molar refractivity (Wildman–Crippen MR) is 128 cm³/mol. The first-order chi connectivity index (χ1) is 14.7. The highest BCUT2D eigenvalue weighted by Crippen LogP contribution is 2.29. The van der Waals surface area contributed by atoms with Gasteiger partial charge in [0, 0.05) is 38.3 Å². The van der Waals surface area contributed by atoms with Gasteiger partial charge in [0.25, 0.3) is 0 Å². The molecule has 30 heavy (non-hydrogen) atoms. The van der Waals surface area contributed by atoms with E-state index in [9.17, 15) is 0 Å². The maximum absolute atomic E-state index is 2.63. The summed E-state index contributed by atoms with van der Waals surface area (Å²) in [6.45, 7) is 9.18. The van der Waals surface area contributed by atoms with E-state index in [0.717, 1.165) is 26.2 Å². The summed E-state index contributed by atoms with van der Waals surface area (Å²) in [6.07, 6.45) is 0. The highest BCUT2D eigenvalue weighted by Gasteiger charge is 2.25. The van der Waals surface area contributed by atoms with Gasteiger partial charge in [0.2, 0.25) is 0 Å². The van der Waals surface area contributed by atoms with E-state index in [1.807, 2.05) is 0 Å². The van der Waals surface area contributed by atoms with Crippen LogP contribution in [-0.2, 0) is 0 Å². The van der Waals surface area contributed by atoms with Crippen LogP contribution in [0.5, 0.6) is 0 Å². The summed E-state index contributed by atoms with van der Waals surface area (Å²) in [4.78, 5) is 5.27. The molecule has 0 N–H and O–H groups in total. The van der Waals surface area contributed by atoms with Gasteiger partial charge in [-0.2, -0.15) is 0 Å². The van der Waals surface area contributed by atoms with Crippen molar-refractivity contribution in [3.8, 4) is 0 Å². The largest absolute Gasteiger partial charge is 0.294 e. The van der Waals surface area contributed by atoms with E-state index >= 15 is 0 Å². The lowest BCUT2D eigenvalue weighted by Crippen LogP contribution is -2.47. The molecule has 2 atom stereocenters. The van der Waals surface area contributed by atoms with Gasteiger partial charge in [0.05, 0.1) is 0 Å². The SMILES string of the molecule is CC(c1ccc2ccccc2c1)N1CCN(C(C)c2ccc3ccccc3c2)CC1. The van der Waals surface area contributed by atoms with E-state index in [1.54, 1.807) is 0 Å². The van der Waals surface area contributed by atoms with Crippen LogP contribution in [0.3, 0.4) is 0 Å². The lowest BCUT2D eigenvalue weighted by molar-refractivity contribution is 0.0783. The fourth-order valence-electron chi connectivity index (χ4n) is 4.87. The molecule has 2 heteroatoms. The maximum Gasteiger partial charge on any atom is 0.0321 e. The van der Waals surface area contributed by atoms with Crippen LogP contribution in [0.1, 0.15) is 37.1 Å². The van der Waals surface area contributed by atoms with Crippen molar-refractivity contribution >= 4 is 21.5 Å². The number of rotatable bonds is 4. The monoisotopic (exact) mass is 394 g/mol. The van der Waals surface area contributed by atoms with Gasteiger partial charge in [-0.1, -0.05) is 72.8 Å². The summed E-state index contributed by atoms with van der Waals surface area (Å²) in [5.41, 5.74) is 2.84. The lowest BCUT2D eigenvalue weighted by Gasteiger charge is -2.41. The van der Waals surface area contributed by atoms with Crippen LogP contribution in [0, 0.1) is 0 Å². The molecule has 0 aliphatic carbocycles. The molecule has 0 bridgehead atoms. The summed E-state index contributed by atoms with van der Waals surface area (Å²) in [5, 5.41) is 5.32. The summed E-state index contributed by atoms with van der Waals surface area (Å²) < 4.78 is 0. The molecule has 152 valence electrons. The highest BCUT2D eigenvalue weighted by molar-refractivity contribution is 5.83. The Morgan fingerprint density at radius 3 is 1.27 bits per heavy atom. The summed E-state index contributed by atoms with van der Waals surface area (Å²) >= 11 is 0. The van der Waals surface area contributed by atoms with Crippen molar-refractivity contribution in [3.63, 3.8) is 0 Å². The van der Waals surface area contributed by atoms with Gasteiger partial charge in [-0.3, -0.25) is 9.80 Å². The molecule has 2 nitrogen and oxygen atoms in total. The first-order valence-corrected chi connectivity index (χ1v) is 11.1. The predicted octanol–water partition coefficient (Wildman–Crippen LogP) is 6.43. The average Bonchev–Trinajstić information content (AvgIpc) is 2.82. The van der Waals surface area contributed by atoms with Gasteiger partial charge in [0.1, 0.15) is 0 Å². The molecule has 1 saturated heterocycles. The number of fused-ring (bicyclic) bond motifs is 2. The Hall–Kier alpha value is -2.68. The number of piperazine rings is 1. The normalized spacial score (nSPS) is 17.9. The molecule has 5 rings (SSSR count). The van der Waals surface area contributed by atoms with E-state index in [4.69, 9.17) is 0 Å². The molecular weight excluding hydrogens is 364 g/mol. The van der Waals surface area contributed by atoms with Gasteiger partial charge in [-0.05, 0) is 58.7 Å². The van der Waals surface area contributed by atoms with Crippen LogP contribution in [0.2, 0.25) is 0 Å². The molecule has 1 aliphatic heterocycles. The van der Waals surface area contributed by atoms with Crippen molar-refractivity contribution in [1.82, 2.24) is 9.80 Å². The second-order valence-corrected chi connectivity index (χ2v) is 8.64. The Bertz CT molecular complexity index is 1060. The van der Waals surface area contributed by atoms with E-state index < -0.39 is 0 Å². The fourth-order valence-corrected chi connectivity index (χ4v) is 4.87. The van der Waals surface area contributed by atoms with Gasteiger partial charge < -0.3 is 0 Å². The zero-order chi connectivity index (χ0) is 20.5. The highest BCUT2D eigenvalue weighted by atomic mass is 15.3. The third-order valence-corrected chi connectivity index (χ3v) is 6.96. The molecule has 4 aromatic rings. The van der Waals surface area contributed by atoms with Crippen molar-refractivity contribution in [3.05, 3.63) is 96.1 Å². The number of hydrogen-bond donors (Lipinski definition) is 0. The minimum Gasteiger partial charge on any atom is -0.294 e. The first-order valence-electron chi connectivity index (χ1n) is 11.1. The summed E-state index contributed by atoms with van der Waals surface area (Å²) in [7, 11) is 0. The average molecular weight is 395 g/mol. The summed E-state index contributed by atoms with van der Waals surface area (Å²) in [5.74, 6) is 0. The van der Waals surface area contributed by atoms with Crippen molar-refractivity contribution in [2.45, 2.75) is 25.9 Å². The third kappa shape index (κ3) is 3.74. The maximum atomic E-state index is 2.63. The van der Waals surface area contributed by atoms with Crippen molar-refractivity contribution < 1.29 is 0 Å².